The van der Waals surface area contributed by atoms with Gasteiger partial charge >= 0.3 is 12.1 Å². The third-order valence-corrected chi connectivity index (χ3v) is 3.08. The molecule has 1 atom stereocenters. The quantitative estimate of drug-likeness (QED) is 0.697. The Morgan fingerprint density at radius 1 is 1.28 bits per heavy atom. The number of carboxylic acid groups (broad SMARTS) is 1. The van der Waals surface area contributed by atoms with E-state index in [0.29, 0.717) is 32.9 Å². The molecule has 0 bridgehead atoms. The molecule has 1 heterocycles. The lowest BCUT2D eigenvalue weighted by molar-refractivity contribution is -0.207. The molecule has 1 saturated heterocycles. The van der Waals surface area contributed by atoms with Gasteiger partial charge in [-0.1, -0.05) is 0 Å². The molecule has 1 aliphatic heterocycles. The molecule has 5 nitrogen and oxygen atoms in total. The predicted molar refractivity (Wildman–Crippen MR) is 55.8 cm³/mol. The minimum Gasteiger partial charge on any atom is -0.479 e. The Bertz CT molecular complexity index is 340. The first-order valence-corrected chi connectivity index (χ1v) is 5.51. The number of carbonyl (C=O) groups is 2. The molecule has 0 aromatic rings. The fraction of sp³-hybridized carbons (Fsp3) is 0.800. The Hall–Kier alpha value is -1.31. The maximum absolute atomic E-state index is 12.7. The van der Waals surface area contributed by atoms with Crippen molar-refractivity contribution in [2.75, 3.05) is 13.1 Å². The molecule has 104 valence electrons. The first-order chi connectivity index (χ1) is 8.18. The van der Waals surface area contributed by atoms with E-state index in [4.69, 9.17) is 5.11 Å². The molecule has 8 heteroatoms. The fourth-order valence-electron chi connectivity index (χ4n) is 1.68. The Balaban J connectivity index is 2.78. The van der Waals surface area contributed by atoms with Crippen LogP contribution in [-0.4, -0.2) is 41.8 Å². The summed E-state index contributed by atoms with van der Waals surface area (Å²) in [5.41, 5.74) is -3.24. The number of piperidine rings is 1. The lowest BCUT2D eigenvalue weighted by Crippen LogP contribution is -2.63. The van der Waals surface area contributed by atoms with Crippen molar-refractivity contribution >= 4 is 11.9 Å². The minimum absolute atomic E-state index is 0.402. The number of alkyl halides is 3. The summed E-state index contributed by atoms with van der Waals surface area (Å²) < 4.78 is 38.0. The number of carboxylic acids is 1. The van der Waals surface area contributed by atoms with Crippen LogP contribution >= 0.6 is 0 Å². The first kappa shape index (κ1) is 14.7. The number of aliphatic carboxylic acids is 1. The van der Waals surface area contributed by atoms with E-state index in [-0.39, 0.29) is 0 Å². The van der Waals surface area contributed by atoms with Crippen molar-refractivity contribution in [2.45, 2.75) is 31.5 Å². The maximum atomic E-state index is 12.7. The van der Waals surface area contributed by atoms with Gasteiger partial charge in [-0.3, -0.25) is 4.79 Å². The largest absolute Gasteiger partial charge is 0.479 e. The number of carbonyl (C=O) groups excluding carboxylic acids is 1. The zero-order valence-corrected chi connectivity index (χ0v) is 9.80. The predicted octanol–water partition coefficient (Wildman–Crippen LogP) is 0.508. The summed E-state index contributed by atoms with van der Waals surface area (Å²) in [6, 6.07) is 0. The summed E-state index contributed by atoms with van der Waals surface area (Å²) in [6.45, 7) is 1.52. The van der Waals surface area contributed by atoms with E-state index in [1.54, 1.807) is 5.32 Å². The van der Waals surface area contributed by atoms with E-state index < -0.39 is 29.5 Å². The van der Waals surface area contributed by atoms with Crippen LogP contribution in [0.3, 0.4) is 0 Å². The lowest BCUT2D eigenvalue weighted by Gasteiger charge is -2.31. The Kier molecular flexibility index (Phi) is 4.20. The summed E-state index contributed by atoms with van der Waals surface area (Å²) in [5.74, 6) is -3.55. The van der Waals surface area contributed by atoms with Crippen molar-refractivity contribution in [1.82, 2.24) is 10.6 Å². The molecule has 0 spiro atoms. The maximum Gasteiger partial charge on any atom is 0.422 e. The summed E-state index contributed by atoms with van der Waals surface area (Å²) in [4.78, 5) is 22.4. The zero-order valence-electron chi connectivity index (χ0n) is 9.80. The third kappa shape index (κ3) is 2.92. The van der Waals surface area contributed by atoms with Crippen LogP contribution in [0.25, 0.3) is 0 Å². The van der Waals surface area contributed by atoms with Crippen molar-refractivity contribution in [3.05, 3.63) is 0 Å². The van der Waals surface area contributed by atoms with Gasteiger partial charge in [-0.05, 0) is 32.9 Å². The molecule has 0 aromatic carbocycles. The molecule has 3 N–H and O–H groups in total. The van der Waals surface area contributed by atoms with Crippen molar-refractivity contribution in [2.24, 2.45) is 5.92 Å². The highest BCUT2D eigenvalue weighted by Crippen LogP contribution is 2.31. The highest BCUT2D eigenvalue weighted by Gasteiger charge is 2.58. The van der Waals surface area contributed by atoms with E-state index in [1.807, 2.05) is 0 Å². The summed E-state index contributed by atoms with van der Waals surface area (Å²) >= 11 is 0. The van der Waals surface area contributed by atoms with E-state index in [2.05, 4.69) is 5.32 Å². The molecular formula is C10H15F3N2O3. The highest BCUT2D eigenvalue weighted by molar-refractivity contribution is 5.88. The topological polar surface area (TPSA) is 78.4 Å². The molecule has 0 radical (unpaired) electrons. The van der Waals surface area contributed by atoms with Gasteiger partial charge in [0, 0.05) is 5.92 Å². The van der Waals surface area contributed by atoms with E-state index in [9.17, 15) is 22.8 Å². The average Bonchev–Trinajstić information content (AvgIpc) is 2.28. The lowest BCUT2D eigenvalue weighted by atomic mass is 9.94. The Morgan fingerprint density at radius 3 is 2.17 bits per heavy atom. The van der Waals surface area contributed by atoms with Crippen LogP contribution < -0.4 is 10.6 Å². The van der Waals surface area contributed by atoms with Crippen molar-refractivity contribution in [3.63, 3.8) is 0 Å². The van der Waals surface area contributed by atoms with Crippen LogP contribution in [0.2, 0.25) is 0 Å². The smallest absolute Gasteiger partial charge is 0.422 e. The number of rotatable bonds is 3. The van der Waals surface area contributed by atoms with Crippen LogP contribution in [0.1, 0.15) is 19.8 Å². The molecule has 1 amide bonds. The van der Waals surface area contributed by atoms with Gasteiger partial charge in [0.05, 0.1) is 0 Å². The second-order valence-electron chi connectivity index (χ2n) is 4.44. The number of hydrogen-bond donors (Lipinski definition) is 3. The van der Waals surface area contributed by atoms with Crippen molar-refractivity contribution < 1.29 is 27.9 Å². The summed E-state index contributed by atoms with van der Waals surface area (Å²) in [6.07, 6.45) is -4.24. The van der Waals surface area contributed by atoms with E-state index in [1.165, 1.54) is 0 Å². The van der Waals surface area contributed by atoms with E-state index in [0.717, 1.165) is 0 Å². The van der Waals surface area contributed by atoms with Crippen LogP contribution in [0.5, 0.6) is 0 Å². The van der Waals surface area contributed by atoms with Crippen LogP contribution in [0.4, 0.5) is 13.2 Å². The molecule has 0 aliphatic carbocycles. The SMILES string of the molecule is CC(NC(=O)C1CCNCC1)(C(=O)O)C(F)(F)F. The van der Waals surface area contributed by atoms with Crippen LogP contribution in [-0.2, 0) is 9.59 Å². The number of halogens is 3. The second kappa shape index (κ2) is 5.13. The number of nitrogens with one attached hydrogen (secondary N) is 2. The first-order valence-electron chi connectivity index (χ1n) is 5.51. The second-order valence-corrected chi connectivity index (χ2v) is 4.44. The standard InChI is InChI=1S/C10H15F3N2O3/c1-9(8(17)18,10(11,12)13)15-7(16)6-2-4-14-5-3-6/h6,14H,2-5H2,1H3,(H,15,16)(H,17,18). The Morgan fingerprint density at radius 2 is 1.78 bits per heavy atom. The Labute approximate surface area is 102 Å². The third-order valence-electron chi connectivity index (χ3n) is 3.08. The average molecular weight is 268 g/mol. The normalized spacial score (nSPS) is 21.1. The molecule has 18 heavy (non-hydrogen) atoms. The number of amides is 1. The van der Waals surface area contributed by atoms with Gasteiger partial charge in [-0.25, -0.2) is 4.79 Å². The summed E-state index contributed by atoms with van der Waals surface area (Å²) in [5, 5.41) is 13.2. The monoisotopic (exact) mass is 268 g/mol. The fourth-order valence-corrected chi connectivity index (χ4v) is 1.68. The van der Waals surface area contributed by atoms with E-state index >= 15 is 0 Å². The van der Waals surface area contributed by atoms with Gasteiger partial charge in [0.2, 0.25) is 11.4 Å². The van der Waals surface area contributed by atoms with Crippen LogP contribution in [0, 0.1) is 5.92 Å². The van der Waals surface area contributed by atoms with Gasteiger partial charge in [0.25, 0.3) is 0 Å². The van der Waals surface area contributed by atoms with Gasteiger partial charge in [-0.15, -0.1) is 0 Å². The molecule has 0 aromatic heterocycles. The van der Waals surface area contributed by atoms with Gasteiger partial charge < -0.3 is 15.7 Å². The van der Waals surface area contributed by atoms with Crippen molar-refractivity contribution in [1.29, 1.82) is 0 Å². The minimum atomic E-state index is -5.04. The molecule has 1 fully saturated rings. The number of hydrogen-bond acceptors (Lipinski definition) is 3. The zero-order chi connectivity index (χ0) is 14.0. The van der Waals surface area contributed by atoms with Crippen molar-refractivity contribution in [3.8, 4) is 0 Å². The van der Waals surface area contributed by atoms with Gasteiger partial charge in [-0.2, -0.15) is 13.2 Å². The molecule has 1 rings (SSSR count). The van der Waals surface area contributed by atoms with Crippen LogP contribution in [0.15, 0.2) is 0 Å². The molecular weight excluding hydrogens is 253 g/mol. The highest BCUT2D eigenvalue weighted by atomic mass is 19.4. The van der Waals surface area contributed by atoms with Gasteiger partial charge in [0.15, 0.2) is 0 Å². The summed E-state index contributed by atoms with van der Waals surface area (Å²) in [7, 11) is 0. The molecule has 0 saturated carbocycles. The molecule has 1 aliphatic rings. The molecule has 1 unspecified atom stereocenters. The van der Waals surface area contributed by atoms with Gasteiger partial charge in [0.1, 0.15) is 0 Å².